The molecule has 0 radical (unpaired) electrons. The minimum absolute atomic E-state index is 0.0211. The summed E-state index contributed by atoms with van der Waals surface area (Å²) in [7, 11) is 0. The van der Waals surface area contributed by atoms with Gasteiger partial charge in [-0.3, -0.25) is 4.79 Å². The summed E-state index contributed by atoms with van der Waals surface area (Å²) in [5.41, 5.74) is 0.947. The van der Waals surface area contributed by atoms with Crippen molar-refractivity contribution in [3.05, 3.63) is 54.1 Å². The number of unbranched alkanes of at least 4 members (excludes halogenated alkanes) is 2. The van der Waals surface area contributed by atoms with Crippen LogP contribution in [-0.2, 0) is 9.53 Å². The van der Waals surface area contributed by atoms with E-state index in [0.717, 1.165) is 18.4 Å². The molecule has 154 valence electrons. The lowest BCUT2D eigenvalue weighted by atomic mass is 10.0. The van der Waals surface area contributed by atoms with Gasteiger partial charge in [0.2, 0.25) is 0 Å². The molecule has 2 aromatic rings. The molecule has 0 fully saturated rings. The largest absolute Gasteiger partial charge is 0.507 e. The van der Waals surface area contributed by atoms with Crippen LogP contribution in [0.3, 0.4) is 0 Å². The van der Waals surface area contributed by atoms with E-state index in [0.29, 0.717) is 6.42 Å². The Morgan fingerprint density at radius 1 is 1.00 bits per heavy atom. The van der Waals surface area contributed by atoms with Gasteiger partial charge in [-0.05, 0) is 57.4 Å². The molecule has 0 atom stereocenters. The summed E-state index contributed by atoms with van der Waals surface area (Å²) in [5, 5.41) is 41.0. The number of ether oxygens (including phenoxy) is 1. The first-order valence-corrected chi connectivity index (χ1v) is 9.33. The minimum atomic E-state index is -0.485. The summed E-state index contributed by atoms with van der Waals surface area (Å²) >= 11 is 0. The Kier molecular flexibility index (Phi) is 7.31. The molecule has 0 unspecified atom stereocenters. The molecule has 0 amide bonds. The zero-order valence-electron chi connectivity index (χ0n) is 16.6. The molecule has 29 heavy (non-hydrogen) atoms. The number of hydrogen-bond donors (Lipinski definition) is 4. The van der Waals surface area contributed by atoms with Crippen molar-refractivity contribution in [2.45, 2.75) is 39.5 Å². The quantitative estimate of drug-likeness (QED) is 0.121. The summed E-state index contributed by atoms with van der Waals surface area (Å²) < 4.78 is 5.46. The Morgan fingerprint density at radius 2 is 1.66 bits per heavy atom. The molecule has 6 nitrogen and oxygen atoms in total. The highest BCUT2D eigenvalue weighted by atomic mass is 16.5. The van der Waals surface area contributed by atoms with E-state index in [1.807, 2.05) is 13.8 Å². The molecule has 2 aromatic carbocycles. The van der Waals surface area contributed by atoms with Crippen molar-refractivity contribution in [2.75, 3.05) is 0 Å². The van der Waals surface area contributed by atoms with Gasteiger partial charge in [-0.1, -0.05) is 17.7 Å². The first-order chi connectivity index (χ1) is 13.8. The van der Waals surface area contributed by atoms with Crippen molar-refractivity contribution in [3.8, 4) is 23.0 Å². The van der Waals surface area contributed by atoms with Crippen molar-refractivity contribution >= 4 is 22.5 Å². The molecule has 0 aliphatic rings. The van der Waals surface area contributed by atoms with Gasteiger partial charge >= 0.3 is 5.97 Å². The van der Waals surface area contributed by atoms with E-state index < -0.39 is 11.7 Å². The molecule has 0 aliphatic heterocycles. The molecule has 0 heterocycles. The van der Waals surface area contributed by atoms with Crippen LogP contribution in [0, 0.1) is 0 Å². The number of benzene rings is 2. The Hall–Kier alpha value is -3.41. The van der Waals surface area contributed by atoms with Crippen LogP contribution in [0.4, 0.5) is 0 Å². The summed E-state index contributed by atoms with van der Waals surface area (Å²) in [5.74, 6) is -1.87. The van der Waals surface area contributed by atoms with Crippen LogP contribution < -0.4 is 0 Å². The fraction of sp³-hybridized carbons (Fsp3) is 0.261. The highest BCUT2D eigenvalue weighted by molar-refractivity contribution is 6.04. The zero-order valence-corrected chi connectivity index (χ0v) is 16.6. The molecular formula is C23H26O6. The third-order valence-electron chi connectivity index (χ3n) is 4.29. The van der Waals surface area contributed by atoms with Crippen molar-refractivity contribution in [1.82, 2.24) is 0 Å². The van der Waals surface area contributed by atoms with Crippen LogP contribution in [0.2, 0.25) is 0 Å². The molecule has 0 spiro atoms. The lowest BCUT2D eigenvalue weighted by Gasteiger charge is -2.15. The van der Waals surface area contributed by atoms with Crippen LogP contribution in [0.1, 0.15) is 45.1 Å². The van der Waals surface area contributed by atoms with Crippen LogP contribution in [0.15, 0.2) is 48.6 Å². The van der Waals surface area contributed by atoms with Crippen LogP contribution >= 0.6 is 0 Å². The lowest BCUT2D eigenvalue weighted by Crippen LogP contribution is -2.04. The number of esters is 1. The topological polar surface area (TPSA) is 107 Å². The standard InChI is InChI=1S/C23H26O6/c1-4-5-6-7-8-20(27)29-19(12-9-14(2)3)15-13-18(26)21-16(24)10-11-17(25)22(21)23(15)28/h4,9-13,24-26,28H,1,5-8H2,2-3H3/b19-12-. The normalized spacial score (nSPS) is 11.3. The average molecular weight is 398 g/mol. The van der Waals surface area contributed by atoms with Crippen LogP contribution in [0.5, 0.6) is 23.0 Å². The maximum absolute atomic E-state index is 12.3. The fourth-order valence-corrected chi connectivity index (χ4v) is 2.83. The predicted molar refractivity (Wildman–Crippen MR) is 113 cm³/mol. The molecule has 0 saturated heterocycles. The fourth-order valence-electron chi connectivity index (χ4n) is 2.83. The Morgan fingerprint density at radius 3 is 2.28 bits per heavy atom. The monoisotopic (exact) mass is 398 g/mol. The summed E-state index contributed by atoms with van der Waals surface area (Å²) in [6, 6.07) is 3.60. The van der Waals surface area contributed by atoms with Crippen molar-refractivity contribution in [2.24, 2.45) is 0 Å². The van der Waals surface area contributed by atoms with E-state index in [2.05, 4.69) is 6.58 Å². The van der Waals surface area contributed by atoms with Gasteiger partial charge in [0.05, 0.1) is 16.3 Å². The Labute approximate surface area is 169 Å². The van der Waals surface area contributed by atoms with Gasteiger partial charge in [0.15, 0.2) is 0 Å². The van der Waals surface area contributed by atoms with Crippen LogP contribution in [0.25, 0.3) is 16.5 Å². The van der Waals surface area contributed by atoms with Crippen molar-refractivity contribution in [3.63, 3.8) is 0 Å². The van der Waals surface area contributed by atoms with Gasteiger partial charge in [0, 0.05) is 6.42 Å². The smallest absolute Gasteiger partial charge is 0.311 e. The Balaban J connectivity index is 2.50. The molecule has 4 N–H and O–H groups in total. The number of phenols is 4. The number of fused-ring (bicyclic) bond motifs is 1. The molecular weight excluding hydrogens is 372 g/mol. The Bertz CT molecular complexity index is 981. The number of hydrogen-bond acceptors (Lipinski definition) is 6. The minimum Gasteiger partial charge on any atom is -0.507 e. The van der Waals surface area contributed by atoms with E-state index in [9.17, 15) is 25.2 Å². The molecule has 0 bridgehead atoms. The van der Waals surface area contributed by atoms with E-state index in [1.165, 1.54) is 24.3 Å². The maximum Gasteiger partial charge on any atom is 0.311 e. The van der Waals surface area contributed by atoms with Crippen molar-refractivity contribution < 1.29 is 30.0 Å². The SMILES string of the molecule is C=CCCCCC(=O)O/C(=C\C=C(C)C)c1cc(O)c2c(O)ccc(O)c2c1O. The van der Waals surface area contributed by atoms with Gasteiger partial charge in [-0.2, -0.15) is 0 Å². The van der Waals surface area contributed by atoms with E-state index >= 15 is 0 Å². The van der Waals surface area contributed by atoms with Crippen LogP contribution in [-0.4, -0.2) is 26.4 Å². The average Bonchev–Trinajstić information content (AvgIpc) is 2.67. The second-order valence-electron chi connectivity index (χ2n) is 6.93. The number of phenolic OH excluding ortho intramolecular Hbond substituents is 4. The van der Waals surface area contributed by atoms with Gasteiger partial charge in [0.25, 0.3) is 0 Å². The maximum atomic E-state index is 12.3. The summed E-state index contributed by atoms with van der Waals surface area (Å²) in [6.07, 6.45) is 7.41. The van der Waals surface area contributed by atoms with Gasteiger partial charge < -0.3 is 25.2 Å². The molecule has 0 aromatic heterocycles. The predicted octanol–water partition coefficient (Wildman–Crippen LogP) is 5.26. The highest BCUT2D eigenvalue weighted by Gasteiger charge is 2.21. The highest BCUT2D eigenvalue weighted by Crippen LogP contribution is 2.46. The van der Waals surface area contributed by atoms with Gasteiger partial charge in [0.1, 0.15) is 28.8 Å². The number of carbonyl (C=O) groups is 1. The van der Waals surface area contributed by atoms with Gasteiger partial charge in [-0.25, -0.2) is 0 Å². The molecule has 2 rings (SSSR count). The molecule has 0 aliphatic carbocycles. The summed E-state index contributed by atoms with van der Waals surface area (Å²) in [4.78, 5) is 12.3. The number of aromatic hydroxyl groups is 4. The number of carbonyl (C=O) groups excluding carboxylic acids is 1. The van der Waals surface area contributed by atoms with Gasteiger partial charge in [-0.15, -0.1) is 6.58 Å². The van der Waals surface area contributed by atoms with E-state index in [-0.39, 0.29) is 45.8 Å². The third kappa shape index (κ3) is 5.31. The number of allylic oxidation sites excluding steroid dienone is 4. The second kappa shape index (κ2) is 9.68. The molecule has 6 heteroatoms. The lowest BCUT2D eigenvalue weighted by molar-refractivity contribution is -0.136. The van der Waals surface area contributed by atoms with E-state index in [4.69, 9.17) is 4.74 Å². The first-order valence-electron chi connectivity index (χ1n) is 9.33. The number of rotatable bonds is 8. The van der Waals surface area contributed by atoms with E-state index in [1.54, 1.807) is 12.2 Å². The van der Waals surface area contributed by atoms with Crippen molar-refractivity contribution in [1.29, 1.82) is 0 Å². The second-order valence-corrected chi connectivity index (χ2v) is 6.93. The zero-order chi connectivity index (χ0) is 21.6. The summed E-state index contributed by atoms with van der Waals surface area (Å²) in [6.45, 7) is 7.35. The third-order valence-corrected chi connectivity index (χ3v) is 4.29. The first kappa shape index (κ1) is 21.9. The molecule has 0 saturated carbocycles.